The third kappa shape index (κ3) is 5.94. The third-order valence-corrected chi connectivity index (χ3v) is 14.1. The van der Waals surface area contributed by atoms with E-state index in [0.717, 1.165) is 16.7 Å². The van der Waals surface area contributed by atoms with Gasteiger partial charge in [-0.25, -0.2) is 0 Å². The van der Waals surface area contributed by atoms with Gasteiger partial charge in [-0.3, -0.25) is 19.3 Å². The van der Waals surface area contributed by atoms with Crippen LogP contribution in [0.1, 0.15) is 35.6 Å². The highest BCUT2D eigenvalue weighted by Crippen LogP contribution is 2.60. The van der Waals surface area contributed by atoms with Gasteiger partial charge < -0.3 is 28.5 Å². The highest BCUT2D eigenvalue weighted by molar-refractivity contribution is 6.72. The summed E-state index contributed by atoms with van der Waals surface area (Å²) in [5, 5.41) is 10.7. The van der Waals surface area contributed by atoms with Crippen molar-refractivity contribution in [3.63, 3.8) is 0 Å². The lowest BCUT2D eigenvalue weighted by Crippen LogP contribution is -2.48. The average molecular weight is 754 g/mol. The lowest BCUT2D eigenvalue weighted by atomic mass is 9.82. The number of hydrogen-bond donors (Lipinski definition) is 1. The van der Waals surface area contributed by atoms with E-state index in [9.17, 15) is 19.5 Å². The molecule has 0 unspecified atom stereocenters. The van der Waals surface area contributed by atoms with Gasteiger partial charge in [0.05, 0.1) is 43.1 Å². The Bertz CT molecular complexity index is 2130. The van der Waals surface area contributed by atoms with Crippen LogP contribution in [-0.2, 0) is 44.2 Å². The maximum Gasteiger partial charge on any atom is 0.269 e. The van der Waals surface area contributed by atoms with Crippen molar-refractivity contribution in [2.45, 2.75) is 69.2 Å². The molecule has 3 amide bonds. The molecule has 5 atom stereocenters. The van der Waals surface area contributed by atoms with Crippen molar-refractivity contribution < 1.29 is 33.1 Å². The maximum atomic E-state index is 16.6. The second kappa shape index (κ2) is 13.4. The Morgan fingerprint density at radius 3 is 2.51 bits per heavy atom. The first-order valence-electron chi connectivity index (χ1n) is 18.0. The lowest BCUT2D eigenvalue weighted by Gasteiger charge is -2.37. The number of ether oxygens (including phenoxy) is 2. The first-order valence-corrected chi connectivity index (χ1v) is 21.3. The fourth-order valence-corrected chi connectivity index (χ4v) is 11.7. The third-order valence-electron chi connectivity index (χ3n) is 11.4. The molecular weight excluding hydrogens is 713 g/mol. The summed E-state index contributed by atoms with van der Waals surface area (Å²) in [6.45, 7) is 5.25. The van der Waals surface area contributed by atoms with Crippen LogP contribution in [0.4, 0.5) is 21.2 Å². The van der Waals surface area contributed by atoms with Crippen molar-refractivity contribution in [1.29, 1.82) is 0 Å². The number of fused-ring (bicyclic) bond motifs is 4. The molecule has 1 N–H and O–H groups in total. The van der Waals surface area contributed by atoms with Gasteiger partial charge in [0.1, 0.15) is 5.75 Å². The number of para-hydroxylation sites is 2. The number of nitrogens with zero attached hydrogens (tertiary/aromatic N) is 3. The molecule has 0 saturated carbocycles. The van der Waals surface area contributed by atoms with Gasteiger partial charge >= 0.3 is 0 Å². The Morgan fingerprint density at radius 2 is 1.74 bits per heavy atom. The zero-order chi connectivity index (χ0) is 37.2. The standard InChI is InChI=1S/C41H41ClFN3O6Si/c1-25-39(53(2,3)43)36(20-37(48)44-22-28-11-5-4-10-27(28)18-31(44)23-47)52-41(25)32-19-29(42)15-16-33(32)45(40(41)50)21-26-9-8-12-30(17-26)46-34-13-6-7-14-35(34)51-24-38(46)49/h4-17,19,25,31,36,39,47H,18,20-24H2,1-3H3/t25-,31-,36+,39-,41+/m0/s1. The van der Waals surface area contributed by atoms with Crippen LogP contribution >= 0.6 is 11.6 Å². The molecule has 53 heavy (non-hydrogen) atoms. The van der Waals surface area contributed by atoms with E-state index in [1.807, 2.05) is 79.7 Å². The van der Waals surface area contributed by atoms with Gasteiger partial charge in [-0.15, -0.1) is 0 Å². The fraction of sp³-hybridized carbons (Fsp3) is 0.341. The number of benzene rings is 4. The lowest BCUT2D eigenvalue weighted by molar-refractivity contribution is -0.151. The zero-order valence-electron chi connectivity index (χ0n) is 29.8. The molecule has 9 nitrogen and oxygen atoms in total. The van der Waals surface area contributed by atoms with Gasteiger partial charge in [-0.2, -0.15) is 0 Å². The predicted octanol–water partition coefficient (Wildman–Crippen LogP) is 7.05. The van der Waals surface area contributed by atoms with Crippen molar-refractivity contribution in [2.75, 3.05) is 23.0 Å². The van der Waals surface area contributed by atoms with Crippen LogP contribution in [0.5, 0.6) is 5.75 Å². The molecule has 0 radical (unpaired) electrons. The summed E-state index contributed by atoms with van der Waals surface area (Å²) in [6.07, 6.45) is -0.494. The highest BCUT2D eigenvalue weighted by atomic mass is 35.5. The highest BCUT2D eigenvalue weighted by Gasteiger charge is 2.67. The monoisotopic (exact) mass is 753 g/mol. The molecule has 0 aliphatic carbocycles. The Kier molecular flexibility index (Phi) is 8.96. The van der Waals surface area contributed by atoms with E-state index >= 15 is 4.11 Å². The first kappa shape index (κ1) is 35.5. The Morgan fingerprint density at radius 1 is 0.981 bits per heavy atom. The summed E-state index contributed by atoms with van der Waals surface area (Å²) in [5.41, 5.74) is 3.01. The van der Waals surface area contributed by atoms with Crippen LogP contribution in [0, 0.1) is 5.92 Å². The minimum absolute atomic E-state index is 0.0947. The Hall–Kier alpha value is -4.55. The van der Waals surface area contributed by atoms with Gasteiger partial charge in [0.15, 0.2) is 12.2 Å². The van der Waals surface area contributed by atoms with Crippen LogP contribution < -0.4 is 14.5 Å². The van der Waals surface area contributed by atoms with Gasteiger partial charge in [0, 0.05) is 34.3 Å². The first-order chi connectivity index (χ1) is 25.4. The van der Waals surface area contributed by atoms with E-state index in [2.05, 4.69) is 0 Å². The molecule has 274 valence electrons. The zero-order valence-corrected chi connectivity index (χ0v) is 31.6. The quantitative estimate of drug-likeness (QED) is 0.160. The van der Waals surface area contributed by atoms with E-state index in [1.165, 1.54) is 0 Å². The number of hydrogen-bond acceptors (Lipinski definition) is 6. The molecule has 8 rings (SSSR count). The van der Waals surface area contributed by atoms with Crippen LogP contribution in [0.3, 0.4) is 0 Å². The molecule has 1 saturated heterocycles. The minimum Gasteiger partial charge on any atom is -0.482 e. The van der Waals surface area contributed by atoms with Crippen molar-refractivity contribution >= 4 is 54.8 Å². The molecular formula is C41H41ClFN3O6Si. The Labute approximate surface area is 314 Å². The van der Waals surface area contributed by atoms with Gasteiger partial charge in [0.2, 0.25) is 14.3 Å². The average Bonchev–Trinajstić information content (AvgIpc) is 3.56. The second-order valence-corrected chi connectivity index (χ2v) is 19.2. The number of carbonyl (C=O) groups is 3. The second-order valence-electron chi connectivity index (χ2n) is 15.0. The van der Waals surface area contributed by atoms with Gasteiger partial charge in [-0.05, 0) is 78.7 Å². The van der Waals surface area contributed by atoms with Crippen molar-refractivity contribution in [3.8, 4) is 5.75 Å². The molecule has 4 heterocycles. The molecule has 1 spiro atoms. The summed E-state index contributed by atoms with van der Waals surface area (Å²) in [6, 6.07) is 27.5. The molecule has 4 aromatic rings. The molecule has 1 fully saturated rings. The molecule has 4 aliphatic rings. The smallest absolute Gasteiger partial charge is 0.269 e. The van der Waals surface area contributed by atoms with Crippen LogP contribution in [0.25, 0.3) is 0 Å². The number of rotatable bonds is 7. The van der Waals surface area contributed by atoms with E-state index in [1.54, 1.807) is 46.0 Å². The van der Waals surface area contributed by atoms with Crippen LogP contribution in [0.15, 0.2) is 91.0 Å². The summed E-state index contributed by atoms with van der Waals surface area (Å²) in [5.74, 6) is -0.828. The molecule has 12 heteroatoms. The van der Waals surface area contributed by atoms with E-state index in [-0.39, 0.29) is 43.9 Å². The number of halogens is 2. The van der Waals surface area contributed by atoms with Crippen molar-refractivity contribution in [2.24, 2.45) is 5.92 Å². The summed E-state index contributed by atoms with van der Waals surface area (Å²) in [7, 11) is -3.56. The minimum atomic E-state index is -3.56. The predicted molar refractivity (Wildman–Crippen MR) is 202 cm³/mol. The fourth-order valence-electron chi connectivity index (χ4n) is 9.07. The summed E-state index contributed by atoms with van der Waals surface area (Å²) in [4.78, 5) is 47.2. The van der Waals surface area contributed by atoms with E-state index in [0.29, 0.717) is 46.4 Å². The van der Waals surface area contributed by atoms with E-state index < -0.39 is 37.6 Å². The summed E-state index contributed by atoms with van der Waals surface area (Å²) >= 11 is 6.59. The molecule has 0 aromatic heterocycles. The number of aliphatic hydroxyl groups is 1. The van der Waals surface area contributed by atoms with Crippen LogP contribution in [-0.4, -0.2) is 61.5 Å². The Balaban J connectivity index is 1.12. The van der Waals surface area contributed by atoms with Crippen molar-refractivity contribution in [1.82, 2.24) is 4.90 Å². The van der Waals surface area contributed by atoms with Gasteiger partial charge in [-0.1, -0.05) is 67.1 Å². The topological polar surface area (TPSA) is 99.6 Å². The number of amides is 3. The summed E-state index contributed by atoms with van der Waals surface area (Å²) < 4.78 is 29.1. The normalized spacial score (nSPS) is 25.0. The molecule has 4 aromatic carbocycles. The van der Waals surface area contributed by atoms with E-state index in [4.69, 9.17) is 21.1 Å². The maximum absolute atomic E-state index is 16.6. The van der Waals surface area contributed by atoms with Crippen molar-refractivity contribution in [3.05, 3.63) is 118 Å². The number of anilines is 3. The number of carbonyl (C=O) groups excluding carboxylic acids is 3. The van der Waals surface area contributed by atoms with Gasteiger partial charge in [0.25, 0.3) is 11.8 Å². The molecule has 0 bridgehead atoms. The largest absolute Gasteiger partial charge is 0.482 e. The number of aliphatic hydroxyl groups excluding tert-OH is 1. The van der Waals surface area contributed by atoms with Crippen LogP contribution in [0.2, 0.25) is 23.7 Å². The molecule has 4 aliphatic heterocycles. The SMILES string of the molecule is C[C@H]1[C@H]([Si](C)(C)F)[C@@H](CC(=O)N2Cc3ccccc3C[C@H]2CO)O[C@]12C(=O)N(Cc1cccc(N3C(=O)COc4ccccc43)c1)c1ccc(Cl)cc12.